The number of hydrogen-bond acceptors (Lipinski definition) is 5. The number of ether oxygens (including phenoxy) is 1. The molecular weight excluding hydrogens is 375 g/mol. The maximum Gasteiger partial charge on any atom is 0.302 e. The zero-order valence-corrected chi connectivity index (χ0v) is 16.0. The summed E-state index contributed by atoms with van der Waals surface area (Å²) in [6.45, 7) is 1.39. The van der Waals surface area contributed by atoms with Gasteiger partial charge in [0.05, 0.1) is 5.69 Å². The molecule has 0 spiro atoms. The number of nitrogens with zero attached hydrogens (tertiary/aromatic N) is 1. The molecule has 3 aliphatic rings. The first-order chi connectivity index (χ1) is 13.9. The van der Waals surface area contributed by atoms with Gasteiger partial charge in [-0.15, -0.1) is 0 Å². The SMILES string of the molecule is CC(=O)OC1CCC(C(=O)Cc2[nH]ccc3nc(=O)c4ccc(F)cc4c2-3)CC1. The van der Waals surface area contributed by atoms with Gasteiger partial charge in [0.25, 0.3) is 5.56 Å². The molecule has 4 rings (SSSR count). The molecule has 7 heteroatoms. The van der Waals surface area contributed by atoms with Crippen LogP contribution in [-0.4, -0.2) is 27.8 Å². The number of carbonyl (C=O) groups excluding carboxylic acids is 2. The summed E-state index contributed by atoms with van der Waals surface area (Å²) in [7, 11) is 0. The van der Waals surface area contributed by atoms with Crippen LogP contribution in [-0.2, 0) is 20.7 Å². The summed E-state index contributed by atoms with van der Waals surface area (Å²) in [5, 5.41) is 0.785. The standard InChI is InChI=1S/C22H21FN2O4/c1-12(26)29-15-5-2-13(3-6-15)20(27)11-19-21-17-10-14(23)4-7-16(17)22(28)25-18(21)8-9-24-19/h4,7-10,13,15,24H,2-3,5-6,11H2,1H3. The van der Waals surface area contributed by atoms with Crippen molar-refractivity contribution in [2.75, 3.05) is 0 Å². The van der Waals surface area contributed by atoms with E-state index in [2.05, 4.69) is 9.97 Å². The molecule has 0 bridgehead atoms. The van der Waals surface area contributed by atoms with Crippen LogP contribution in [0.3, 0.4) is 0 Å². The van der Waals surface area contributed by atoms with Gasteiger partial charge in [-0.2, -0.15) is 0 Å². The molecular formula is C22H21FN2O4. The van der Waals surface area contributed by atoms with Gasteiger partial charge in [0.1, 0.15) is 17.7 Å². The summed E-state index contributed by atoms with van der Waals surface area (Å²) in [6, 6.07) is 5.62. The molecule has 1 N–H and O–H groups in total. The van der Waals surface area contributed by atoms with Crippen LogP contribution in [0.1, 0.15) is 38.3 Å². The normalized spacial score (nSPS) is 19.4. The van der Waals surface area contributed by atoms with Gasteiger partial charge in [0.2, 0.25) is 0 Å². The smallest absolute Gasteiger partial charge is 0.302 e. The van der Waals surface area contributed by atoms with Crippen molar-refractivity contribution in [2.45, 2.75) is 45.1 Å². The molecule has 29 heavy (non-hydrogen) atoms. The molecule has 0 amide bonds. The van der Waals surface area contributed by atoms with Crippen molar-refractivity contribution in [1.82, 2.24) is 9.97 Å². The molecule has 0 atom stereocenters. The number of Topliss-reactive ketones (excluding diaryl/α,β-unsaturated/α-hetero) is 1. The molecule has 6 nitrogen and oxygen atoms in total. The lowest BCUT2D eigenvalue weighted by Crippen LogP contribution is -2.28. The van der Waals surface area contributed by atoms with Crippen molar-refractivity contribution >= 4 is 22.5 Å². The zero-order valence-electron chi connectivity index (χ0n) is 16.0. The number of benzene rings is 1. The van der Waals surface area contributed by atoms with E-state index in [9.17, 15) is 18.8 Å². The largest absolute Gasteiger partial charge is 0.463 e. The van der Waals surface area contributed by atoms with E-state index in [0.29, 0.717) is 53.4 Å². The minimum atomic E-state index is -0.450. The molecule has 1 aliphatic carbocycles. The lowest BCUT2D eigenvalue weighted by Gasteiger charge is -2.27. The molecule has 0 radical (unpaired) electrons. The number of hydrogen-bond donors (Lipinski definition) is 1. The first-order valence-corrected chi connectivity index (χ1v) is 9.72. The molecule has 1 fully saturated rings. The molecule has 0 unspecified atom stereocenters. The third-order valence-electron chi connectivity index (χ3n) is 5.57. The fourth-order valence-corrected chi connectivity index (χ4v) is 4.20. The minimum Gasteiger partial charge on any atom is -0.463 e. The number of esters is 1. The molecule has 1 aromatic rings. The number of halogens is 1. The molecule has 1 saturated carbocycles. The highest BCUT2D eigenvalue weighted by molar-refractivity contribution is 5.98. The van der Waals surface area contributed by atoms with E-state index in [4.69, 9.17) is 4.74 Å². The van der Waals surface area contributed by atoms with Crippen LogP contribution in [0.25, 0.3) is 22.0 Å². The highest BCUT2D eigenvalue weighted by atomic mass is 19.1. The van der Waals surface area contributed by atoms with Crippen LogP contribution in [0, 0.1) is 11.7 Å². The van der Waals surface area contributed by atoms with E-state index >= 15 is 0 Å². The van der Waals surface area contributed by atoms with Crippen molar-refractivity contribution in [3.05, 3.63) is 52.3 Å². The Bertz CT molecular complexity index is 1120. The lowest BCUT2D eigenvalue weighted by molar-refractivity contribution is -0.148. The monoisotopic (exact) mass is 396 g/mol. The van der Waals surface area contributed by atoms with E-state index in [1.54, 1.807) is 12.3 Å². The highest BCUT2D eigenvalue weighted by Gasteiger charge is 2.28. The maximum atomic E-state index is 13.9. The van der Waals surface area contributed by atoms with Gasteiger partial charge >= 0.3 is 5.97 Å². The zero-order chi connectivity index (χ0) is 20.5. The van der Waals surface area contributed by atoms with Gasteiger partial charge < -0.3 is 9.72 Å². The predicted molar refractivity (Wildman–Crippen MR) is 105 cm³/mol. The lowest BCUT2D eigenvalue weighted by atomic mass is 9.82. The number of aromatic amines is 1. The second-order valence-corrected chi connectivity index (χ2v) is 7.55. The second kappa shape index (κ2) is 7.73. The third-order valence-corrected chi connectivity index (χ3v) is 5.57. The highest BCUT2D eigenvalue weighted by Crippen LogP contribution is 2.32. The summed E-state index contributed by atoms with van der Waals surface area (Å²) < 4.78 is 19.1. The van der Waals surface area contributed by atoms with Crippen molar-refractivity contribution in [1.29, 1.82) is 0 Å². The second-order valence-electron chi connectivity index (χ2n) is 7.55. The number of nitrogens with one attached hydrogen (secondary N) is 1. The van der Waals surface area contributed by atoms with Gasteiger partial charge in [-0.25, -0.2) is 9.37 Å². The Hall–Kier alpha value is -3.09. The molecule has 0 saturated heterocycles. The fraction of sp³-hybridized carbons (Fsp3) is 0.364. The summed E-state index contributed by atoms with van der Waals surface area (Å²) in [4.78, 5) is 43.5. The van der Waals surface area contributed by atoms with Crippen molar-refractivity contribution in [3.63, 3.8) is 0 Å². The third kappa shape index (κ3) is 3.90. The van der Waals surface area contributed by atoms with Crippen LogP contribution >= 0.6 is 0 Å². The number of ketones is 1. The average molecular weight is 396 g/mol. The van der Waals surface area contributed by atoms with Gasteiger partial charge in [-0.1, -0.05) is 0 Å². The van der Waals surface area contributed by atoms with Crippen molar-refractivity contribution in [2.24, 2.45) is 5.92 Å². The number of carbonyl (C=O) groups is 2. The molecule has 150 valence electrons. The Morgan fingerprint density at radius 2 is 1.93 bits per heavy atom. The van der Waals surface area contributed by atoms with Gasteiger partial charge in [-0.05, 0) is 49.9 Å². The first-order valence-electron chi connectivity index (χ1n) is 9.72. The number of fused-ring (bicyclic) bond motifs is 3. The molecule has 0 aromatic heterocycles. The summed E-state index contributed by atoms with van der Waals surface area (Å²) in [5.74, 6) is -0.783. The van der Waals surface area contributed by atoms with E-state index < -0.39 is 11.4 Å². The van der Waals surface area contributed by atoms with Gasteiger partial charge in [0.15, 0.2) is 0 Å². The summed E-state index contributed by atoms with van der Waals surface area (Å²) in [6.07, 6.45) is 4.34. The van der Waals surface area contributed by atoms with Gasteiger partial charge in [0, 0.05) is 47.5 Å². The Balaban J connectivity index is 1.62. The van der Waals surface area contributed by atoms with E-state index in [0.717, 1.165) is 0 Å². The van der Waals surface area contributed by atoms with E-state index in [1.807, 2.05) is 0 Å². The summed E-state index contributed by atoms with van der Waals surface area (Å²) >= 11 is 0. The van der Waals surface area contributed by atoms with Crippen molar-refractivity contribution in [3.8, 4) is 11.3 Å². The predicted octanol–water partition coefficient (Wildman–Crippen LogP) is 3.40. The summed E-state index contributed by atoms with van der Waals surface area (Å²) in [5.41, 5.74) is 1.24. The maximum absolute atomic E-state index is 13.9. The molecule has 2 heterocycles. The fourth-order valence-electron chi connectivity index (χ4n) is 4.20. The van der Waals surface area contributed by atoms with Crippen LogP contribution in [0.5, 0.6) is 0 Å². The first kappa shape index (κ1) is 19.2. The quantitative estimate of drug-likeness (QED) is 0.539. The Morgan fingerprint density at radius 3 is 2.66 bits per heavy atom. The average Bonchev–Trinajstić information content (AvgIpc) is 2.68. The van der Waals surface area contributed by atoms with Gasteiger partial charge in [-0.3, -0.25) is 14.4 Å². The number of pyridine rings is 2. The van der Waals surface area contributed by atoms with Crippen molar-refractivity contribution < 1.29 is 18.7 Å². The number of H-pyrrole nitrogens is 1. The minimum absolute atomic E-state index is 0.0748. The van der Waals surface area contributed by atoms with E-state index in [-0.39, 0.29) is 30.2 Å². The Morgan fingerprint density at radius 1 is 1.17 bits per heavy atom. The van der Waals surface area contributed by atoms with Crippen LogP contribution in [0.15, 0.2) is 35.3 Å². The van der Waals surface area contributed by atoms with Crippen LogP contribution in [0.4, 0.5) is 4.39 Å². The molecule has 1 aromatic carbocycles. The Kier molecular flexibility index (Phi) is 5.13. The Labute approximate surface area is 166 Å². The van der Waals surface area contributed by atoms with E-state index in [1.165, 1.54) is 25.1 Å². The topological polar surface area (TPSA) is 89.1 Å². The van der Waals surface area contributed by atoms with Crippen LogP contribution in [0.2, 0.25) is 0 Å². The number of aromatic nitrogens is 2. The number of rotatable bonds is 4. The molecule has 2 aliphatic heterocycles. The van der Waals surface area contributed by atoms with Crippen LogP contribution < -0.4 is 5.56 Å².